The van der Waals surface area contributed by atoms with Gasteiger partial charge in [-0.05, 0) is 12.1 Å². The van der Waals surface area contributed by atoms with Crippen LogP contribution in [0.25, 0.3) is 22.3 Å². The van der Waals surface area contributed by atoms with E-state index in [0.717, 1.165) is 22.4 Å². The van der Waals surface area contributed by atoms with Gasteiger partial charge in [0.25, 0.3) is 0 Å². The second-order valence-electron chi connectivity index (χ2n) is 4.87. The smallest absolute Gasteiger partial charge is 0.223 e. The summed E-state index contributed by atoms with van der Waals surface area (Å²) in [6.45, 7) is 1.25. The molecule has 3 aromatic heterocycles. The first-order valence-corrected chi connectivity index (χ1v) is 7.11. The van der Waals surface area contributed by atoms with Crippen molar-refractivity contribution in [2.45, 2.75) is 0 Å². The molecule has 0 atom stereocenters. The molecule has 23 heavy (non-hydrogen) atoms. The zero-order valence-electron chi connectivity index (χ0n) is 13.0. The van der Waals surface area contributed by atoms with Gasteiger partial charge in [-0.2, -0.15) is 4.98 Å². The molecule has 0 saturated heterocycles. The van der Waals surface area contributed by atoms with Crippen LogP contribution in [-0.2, 0) is 4.74 Å². The van der Waals surface area contributed by atoms with Crippen LogP contribution in [0.5, 0.6) is 5.88 Å². The van der Waals surface area contributed by atoms with E-state index < -0.39 is 0 Å². The highest BCUT2D eigenvalue weighted by molar-refractivity contribution is 5.94. The molecule has 0 aliphatic heterocycles. The number of pyridine rings is 1. The molecule has 4 N–H and O–H groups in total. The van der Waals surface area contributed by atoms with Crippen molar-refractivity contribution in [3.05, 3.63) is 24.4 Å². The van der Waals surface area contributed by atoms with Gasteiger partial charge in [0, 0.05) is 36.9 Å². The molecule has 0 fully saturated rings. The second-order valence-corrected chi connectivity index (χ2v) is 4.87. The van der Waals surface area contributed by atoms with Crippen LogP contribution in [0.15, 0.2) is 24.4 Å². The Bertz CT molecular complexity index is 817. The average Bonchev–Trinajstić information content (AvgIpc) is 3.02. The molecule has 3 heterocycles. The normalized spacial score (nSPS) is 10.9. The molecule has 3 aromatic rings. The van der Waals surface area contributed by atoms with Gasteiger partial charge in [0.15, 0.2) is 0 Å². The third-order valence-corrected chi connectivity index (χ3v) is 3.35. The van der Waals surface area contributed by atoms with Gasteiger partial charge in [0.2, 0.25) is 11.8 Å². The molecule has 0 aliphatic carbocycles. The first kappa shape index (κ1) is 15.0. The number of aromatic amines is 1. The molecule has 3 rings (SSSR count). The summed E-state index contributed by atoms with van der Waals surface area (Å²) in [6, 6.07) is 5.62. The minimum atomic E-state index is 0.161. The van der Waals surface area contributed by atoms with Gasteiger partial charge in [-0.3, -0.25) is 0 Å². The number of ether oxygens (including phenoxy) is 2. The van der Waals surface area contributed by atoms with Gasteiger partial charge < -0.3 is 25.5 Å². The fraction of sp³-hybridized carbons (Fsp3) is 0.267. The average molecular weight is 314 g/mol. The van der Waals surface area contributed by atoms with Crippen molar-refractivity contribution in [2.24, 2.45) is 0 Å². The number of hydrogen-bond donors (Lipinski definition) is 3. The third-order valence-electron chi connectivity index (χ3n) is 3.35. The molecular weight excluding hydrogens is 296 g/mol. The zero-order chi connectivity index (χ0) is 16.2. The Balaban J connectivity index is 2.08. The van der Waals surface area contributed by atoms with Crippen molar-refractivity contribution >= 4 is 22.8 Å². The van der Waals surface area contributed by atoms with E-state index in [2.05, 4.69) is 25.3 Å². The van der Waals surface area contributed by atoms with Crippen LogP contribution in [0, 0.1) is 0 Å². The van der Waals surface area contributed by atoms with E-state index >= 15 is 0 Å². The summed E-state index contributed by atoms with van der Waals surface area (Å²) >= 11 is 0. The predicted octanol–water partition coefficient (Wildman–Crippen LogP) is 1.67. The number of aromatic nitrogens is 4. The number of fused-ring (bicyclic) bond motifs is 1. The van der Waals surface area contributed by atoms with Gasteiger partial charge in [-0.15, -0.1) is 0 Å². The molecule has 0 unspecified atom stereocenters. The molecule has 8 heteroatoms. The van der Waals surface area contributed by atoms with Crippen LogP contribution >= 0.6 is 0 Å². The SMILES string of the molecule is COCCNc1cc(-c2cc(OC)nc(N)n2)c2cc[nH]c2n1. The first-order valence-electron chi connectivity index (χ1n) is 7.11. The molecule has 8 nitrogen and oxygen atoms in total. The number of hydrogen-bond acceptors (Lipinski definition) is 7. The molecule has 120 valence electrons. The van der Waals surface area contributed by atoms with Gasteiger partial charge in [0.05, 0.1) is 19.4 Å². The quantitative estimate of drug-likeness (QED) is 0.593. The summed E-state index contributed by atoms with van der Waals surface area (Å²) in [4.78, 5) is 16.0. The minimum Gasteiger partial charge on any atom is -0.481 e. The van der Waals surface area contributed by atoms with Crippen LogP contribution in [-0.4, -0.2) is 47.3 Å². The van der Waals surface area contributed by atoms with Crippen LogP contribution in [0.2, 0.25) is 0 Å². The number of nitrogens with two attached hydrogens (primary N) is 1. The van der Waals surface area contributed by atoms with E-state index in [0.29, 0.717) is 24.7 Å². The summed E-state index contributed by atoms with van der Waals surface area (Å²) in [6.07, 6.45) is 1.84. The van der Waals surface area contributed by atoms with Crippen LogP contribution in [0.4, 0.5) is 11.8 Å². The van der Waals surface area contributed by atoms with Gasteiger partial charge >= 0.3 is 0 Å². The van der Waals surface area contributed by atoms with E-state index in [1.165, 1.54) is 0 Å². The summed E-state index contributed by atoms with van der Waals surface area (Å²) in [5.41, 5.74) is 8.10. The number of rotatable bonds is 6. The van der Waals surface area contributed by atoms with E-state index in [1.807, 2.05) is 18.3 Å². The maximum Gasteiger partial charge on any atom is 0.223 e. The van der Waals surface area contributed by atoms with Gasteiger partial charge in [0.1, 0.15) is 11.5 Å². The Morgan fingerprint density at radius 1 is 1.22 bits per heavy atom. The predicted molar refractivity (Wildman–Crippen MR) is 88.4 cm³/mol. The minimum absolute atomic E-state index is 0.161. The van der Waals surface area contributed by atoms with E-state index in [4.69, 9.17) is 15.2 Å². The highest BCUT2D eigenvalue weighted by atomic mass is 16.5. The molecule has 0 spiro atoms. The number of nitrogen functional groups attached to an aromatic ring is 1. The fourth-order valence-electron chi connectivity index (χ4n) is 2.31. The summed E-state index contributed by atoms with van der Waals surface area (Å²) in [5, 5.41) is 4.17. The van der Waals surface area contributed by atoms with Crippen LogP contribution in [0.1, 0.15) is 0 Å². The number of methoxy groups -OCH3 is 2. The Morgan fingerprint density at radius 3 is 2.87 bits per heavy atom. The molecule has 0 saturated carbocycles. The standard InChI is InChI=1S/C15H18N6O2/c1-22-6-5-17-12-7-10(9-3-4-18-14(9)20-12)11-8-13(23-2)21-15(16)19-11/h3-4,7-8H,5-6H2,1-2H3,(H2,16,19,21)(H2,17,18,20). The summed E-state index contributed by atoms with van der Waals surface area (Å²) < 4.78 is 10.2. The largest absolute Gasteiger partial charge is 0.481 e. The molecular formula is C15H18N6O2. The first-order chi connectivity index (χ1) is 11.2. The lowest BCUT2D eigenvalue weighted by Gasteiger charge is -2.10. The van der Waals surface area contributed by atoms with Gasteiger partial charge in [-0.1, -0.05) is 0 Å². The third kappa shape index (κ3) is 3.16. The number of nitrogens with one attached hydrogen (secondary N) is 2. The number of nitrogens with zero attached hydrogens (tertiary/aromatic N) is 3. The number of H-pyrrole nitrogens is 1. The maximum atomic E-state index is 5.77. The maximum absolute atomic E-state index is 5.77. The Kier molecular flexibility index (Phi) is 4.24. The molecule has 0 aliphatic rings. The lowest BCUT2D eigenvalue weighted by atomic mass is 10.1. The molecule has 0 bridgehead atoms. The highest BCUT2D eigenvalue weighted by Crippen LogP contribution is 2.30. The number of anilines is 2. The Labute approximate surface area is 133 Å². The zero-order valence-corrected chi connectivity index (χ0v) is 13.0. The van der Waals surface area contributed by atoms with Crippen molar-refractivity contribution in [1.82, 2.24) is 19.9 Å². The highest BCUT2D eigenvalue weighted by Gasteiger charge is 2.12. The van der Waals surface area contributed by atoms with Gasteiger partial charge in [-0.25, -0.2) is 9.97 Å². The Hall–Kier alpha value is -2.87. The topological polar surface area (TPSA) is 111 Å². The fourth-order valence-corrected chi connectivity index (χ4v) is 2.31. The van der Waals surface area contributed by atoms with Crippen LogP contribution in [0.3, 0.4) is 0 Å². The molecule has 0 radical (unpaired) electrons. The second kappa shape index (κ2) is 6.49. The van der Waals surface area contributed by atoms with Crippen molar-refractivity contribution in [1.29, 1.82) is 0 Å². The lowest BCUT2D eigenvalue weighted by molar-refractivity contribution is 0.210. The molecule has 0 amide bonds. The molecule has 0 aromatic carbocycles. The van der Waals surface area contributed by atoms with E-state index in [9.17, 15) is 0 Å². The van der Waals surface area contributed by atoms with E-state index in [1.54, 1.807) is 20.3 Å². The monoisotopic (exact) mass is 314 g/mol. The van der Waals surface area contributed by atoms with E-state index in [-0.39, 0.29) is 5.95 Å². The summed E-state index contributed by atoms with van der Waals surface area (Å²) in [7, 11) is 3.20. The van der Waals surface area contributed by atoms with Crippen molar-refractivity contribution in [3.63, 3.8) is 0 Å². The van der Waals surface area contributed by atoms with Crippen molar-refractivity contribution in [3.8, 4) is 17.1 Å². The summed E-state index contributed by atoms with van der Waals surface area (Å²) in [5.74, 6) is 1.30. The van der Waals surface area contributed by atoms with Crippen LogP contribution < -0.4 is 15.8 Å². The lowest BCUT2D eigenvalue weighted by Crippen LogP contribution is -2.09. The van der Waals surface area contributed by atoms with Crippen molar-refractivity contribution in [2.75, 3.05) is 38.4 Å². The van der Waals surface area contributed by atoms with Crippen molar-refractivity contribution < 1.29 is 9.47 Å². The Morgan fingerprint density at radius 2 is 2.09 bits per heavy atom.